The zero-order valence-corrected chi connectivity index (χ0v) is 12.8. The fourth-order valence-electron chi connectivity index (χ4n) is 0.987. The second-order valence-electron chi connectivity index (χ2n) is 3.50. The van der Waals surface area contributed by atoms with Gasteiger partial charge in [0.15, 0.2) is 0 Å². The third-order valence-corrected chi connectivity index (χ3v) is 4.09. The Morgan fingerprint density at radius 3 is 2.53 bits per heavy atom. The lowest BCUT2D eigenvalue weighted by Crippen LogP contribution is -2.20. The number of carbonyl (C=O) groups is 1. The number of halogens is 1. The first-order chi connectivity index (χ1) is 7.99. The van der Waals surface area contributed by atoms with E-state index in [1.165, 1.54) is 11.8 Å². The number of thiocarbonyl (C=S) groups is 1. The summed E-state index contributed by atoms with van der Waals surface area (Å²) in [5.74, 6) is 0.272. The Bertz CT molecular complexity index is 406. The quantitative estimate of drug-likeness (QED) is 0.862. The molecular formula is C11H13BrN2OS2. The molecule has 0 saturated heterocycles. The molecule has 3 nitrogen and oxygen atoms in total. The molecule has 0 bridgehead atoms. The van der Waals surface area contributed by atoms with Crippen LogP contribution in [0.4, 0.5) is 5.69 Å². The topological polar surface area (TPSA) is 32.3 Å². The minimum absolute atomic E-state index is 0.0541. The zero-order valence-electron chi connectivity index (χ0n) is 9.57. The maximum atomic E-state index is 11.6. The number of hydrogen-bond acceptors (Lipinski definition) is 3. The first kappa shape index (κ1) is 14.5. The summed E-state index contributed by atoms with van der Waals surface area (Å²) < 4.78 is 1.69. The molecule has 92 valence electrons. The van der Waals surface area contributed by atoms with Crippen molar-refractivity contribution in [3.05, 3.63) is 28.7 Å². The molecule has 0 radical (unpaired) electrons. The minimum atomic E-state index is -0.0541. The van der Waals surface area contributed by atoms with Crippen LogP contribution in [0.3, 0.4) is 0 Å². The van der Waals surface area contributed by atoms with E-state index in [0.29, 0.717) is 10.1 Å². The van der Waals surface area contributed by atoms with Crippen molar-refractivity contribution in [2.45, 2.75) is 0 Å². The van der Waals surface area contributed by atoms with E-state index in [9.17, 15) is 4.79 Å². The molecule has 0 atom stereocenters. The van der Waals surface area contributed by atoms with Crippen molar-refractivity contribution in [2.75, 3.05) is 25.2 Å². The standard InChI is InChI=1S/C11H13BrN2OS2/c1-14(2)11(16)17-7-10(15)13-9-5-3-8(12)4-6-9/h3-6H,7H2,1-2H3,(H,13,15). The van der Waals surface area contributed by atoms with E-state index < -0.39 is 0 Å². The first-order valence-corrected chi connectivity index (χ1v) is 7.07. The van der Waals surface area contributed by atoms with Gasteiger partial charge in [0.1, 0.15) is 4.32 Å². The molecule has 0 aromatic heterocycles. The molecule has 1 aromatic carbocycles. The van der Waals surface area contributed by atoms with Gasteiger partial charge in [0.05, 0.1) is 5.75 Å². The van der Waals surface area contributed by atoms with E-state index in [1.807, 2.05) is 43.3 Å². The van der Waals surface area contributed by atoms with Crippen molar-refractivity contribution in [1.82, 2.24) is 4.90 Å². The summed E-state index contributed by atoms with van der Waals surface area (Å²) >= 11 is 9.77. The van der Waals surface area contributed by atoms with Gasteiger partial charge in [-0.3, -0.25) is 4.79 Å². The van der Waals surface area contributed by atoms with Gasteiger partial charge in [-0.05, 0) is 24.3 Å². The summed E-state index contributed by atoms with van der Waals surface area (Å²) in [6.45, 7) is 0. The average molecular weight is 333 g/mol. The molecular weight excluding hydrogens is 320 g/mol. The lowest BCUT2D eigenvalue weighted by Gasteiger charge is -2.12. The van der Waals surface area contributed by atoms with E-state index in [2.05, 4.69) is 21.2 Å². The third-order valence-electron chi connectivity index (χ3n) is 1.82. The Morgan fingerprint density at radius 1 is 1.41 bits per heavy atom. The molecule has 0 aliphatic carbocycles. The fourth-order valence-corrected chi connectivity index (χ4v) is 2.01. The van der Waals surface area contributed by atoms with Crippen molar-refractivity contribution < 1.29 is 4.79 Å². The van der Waals surface area contributed by atoms with E-state index in [-0.39, 0.29) is 5.91 Å². The number of anilines is 1. The van der Waals surface area contributed by atoms with Crippen LogP contribution < -0.4 is 5.32 Å². The number of amides is 1. The van der Waals surface area contributed by atoms with Gasteiger partial charge in [-0.1, -0.05) is 39.9 Å². The highest BCUT2D eigenvalue weighted by atomic mass is 79.9. The highest BCUT2D eigenvalue weighted by Gasteiger charge is 2.06. The minimum Gasteiger partial charge on any atom is -0.364 e. The molecule has 1 aromatic rings. The Balaban J connectivity index is 2.40. The number of hydrogen-bond donors (Lipinski definition) is 1. The second kappa shape index (κ2) is 6.98. The SMILES string of the molecule is CN(C)C(=S)SCC(=O)Nc1ccc(Br)cc1. The van der Waals surface area contributed by atoms with Gasteiger partial charge in [-0.25, -0.2) is 0 Å². The molecule has 0 aliphatic rings. The number of benzene rings is 1. The molecule has 0 spiro atoms. The number of nitrogens with zero attached hydrogens (tertiary/aromatic N) is 1. The van der Waals surface area contributed by atoms with Crippen LogP contribution in [0.15, 0.2) is 28.7 Å². The van der Waals surface area contributed by atoms with Crippen molar-refractivity contribution >= 4 is 55.8 Å². The maximum absolute atomic E-state index is 11.6. The first-order valence-electron chi connectivity index (χ1n) is 4.88. The molecule has 6 heteroatoms. The summed E-state index contributed by atoms with van der Waals surface area (Å²) in [5.41, 5.74) is 0.787. The molecule has 0 fully saturated rings. The van der Waals surface area contributed by atoms with Gasteiger partial charge >= 0.3 is 0 Å². The molecule has 0 heterocycles. The normalized spacial score (nSPS) is 9.82. The van der Waals surface area contributed by atoms with Crippen LogP contribution in [0.1, 0.15) is 0 Å². The monoisotopic (exact) mass is 332 g/mol. The van der Waals surface area contributed by atoms with Crippen molar-refractivity contribution in [3.63, 3.8) is 0 Å². The molecule has 0 saturated carbocycles. The predicted molar refractivity (Wildman–Crippen MR) is 81.5 cm³/mol. The Labute approximate surface area is 119 Å². The largest absolute Gasteiger partial charge is 0.364 e. The van der Waals surface area contributed by atoms with E-state index in [0.717, 1.165) is 10.2 Å². The zero-order chi connectivity index (χ0) is 12.8. The molecule has 0 unspecified atom stereocenters. The van der Waals surface area contributed by atoms with Crippen LogP contribution in [0, 0.1) is 0 Å². The molecule has 1 N–H and O–H groups in total. The Morgan fingerprint density at radius 2 is 2.00 bits per heavy atom. The number of nitrogens with one attached hydrogen (secondary N) is 1. The van der Waals surface area contributed by atoms with Crippen LogP contribution >= 0.6 is 39.9 Å². The highest BCUT2D eigenvalue weighted by Crippen LogP contribution is 2.14. The van der Waals surface area contributed by atoms with Crippen molar-refractivity contribution in [3.8, 4) is 0 Å². The summed E-state index contributed by atoms with van der Waals surface area (Å²) in [4.78, 5) is 13.4. The Hall–Kier alpha value is -0.590. The van der Waals surface area contributed by atoms with Gasteiger partial charge in [0, 0.05) is 24.3 Å². The van der Waals surface area contributed by atoms with Gasteiger partial charge in [0.2, 0.25) is 5.91 Å². The van der Waals surface area contributed by atoms with Gasteiger partial charge in [-0.2, -0.15) is 0 Å². The van der Waals surface area contributed by atoms with Crippen LogP contribution in [0.2, 0.25) is 0 Å². The summed E-state index contributed by atoms with van der Waals surface area (Å²) in [6, 6.07) is 7.45. The van der Waals surface area contributed by atoms with Crippen molar-refractivity contribution in [1.29, 1.82) is 0 Å². The molecule has 17 heavy (non-hydrogen) atoms. The Kier molecular flexibility index (Phi) is 5.94. The number of thioether (sulfide) groups is 1. The fraction of sp³-hybridized carbons (Fsp3) is 0.273. The highest BCUT2D eigenvalue weighted by molar-refractivity contribution is 9.10. The van der Waals surface area contributed by atoms with Crippen LogP contribution in [0.5, 0.6) is 0 Å². The molecule has 1 rings (SSSR count). The second-order valence-corrected chi connectivity index (χ2v) is 6.03. The molecule has 0 aliphatic heterocycles. The average Bonchev–Trinajstić information content (AvgIpc) is 2.29. The van der Waals surface area contributed by atoms with Crippen LogP contribution in [-0.4, -0.2) is 35.0 Å². The number of carbonyl (C=O) groups excluding carboxylic acids is 1. The van der Waals surface area contributed by atoms with E-state index in [4.69, 9.17) is 12.2 Å². The van der Waals surface area contributed by atoms with Crippen LogP contribution in [-0.2, 0) is 4.79 Å². The van der Waals surface area contributed by atoms with E-state index >= 15 is 0 Å². The smallest absolute Gasteiger partial charge is 0.234 e. The summed E-state index contributed by atoms with van der Waals surface area (Å²) in [5, 5.41) is 2.80. The van der Waals surface area contributed by atoms with E-state index in [1.54, 1.807) is 0 Å². The van der Waals surface area contributed by atoms with Gasteiger partial charge in [-0.15, -0.1) is 0 Å². The van der Waals surface area contributed by atoms with Crippen LogP contribution in [0.25, 0.3) is 0 Å². The molecule has 1 amide bonds. The van der Waals surface area contributed by atoms with Crippen molar-refractivity contribution in [2.24, 2.45) is 0 Å². The summed E-state index contributed by atoms with van der Waals surface area (Å²) in [6.07, 6.45) is 0. The lowest BCUT2D eigenvalue weighted by atomic mass is 10.3. The predicted octanol–water partition coefficient (Wildman–Crippen LogP) is 2.97. The summed E-state index contributed by atoms with van der Waals surface area (Å²) in [7, 11) is 3.73. The number of rotatable bonds is 3. The van der Waals surface area contributed by atoms with Gasteiger partial charge < -0.3 is 10.2 Å². The maximum Gasteiger partial charge on any atom is 0.234 e. The third kappa shape index (κ3) is 5.52. The lowest BCUT2D eigenvalue weighted by molar-refractivity contribution is -0.113. The van der Waals surface area contributed by atoms with Gasteiger partial charge in [0.25, 0.3) is 0 Å².